The van der Waals surface area contributed by atoms with E-state index >= 15 is 0 Å². The van der Waals surface area contributed by atoms with Crippen molar-refractivity contribution in [3.8, 4) is 5.75 Å². The Morgan fingerprint density at radius 3 is 1.49 bits per heavy atom. The number of allylic oxidation sites excluding steroid dienone is 4. The highest BCUT2D eigenvalue weighted by Gasteiger charge is 2.19. The number of epoxide rings is 1. The van der Waals surface area contributed by atoms with Crippen LogP contribution in [0.3, 0.4) is 0 Å². The van der Waals surface area contributed by atoms with Crippen LogP contribution < -0.4 is 16.2 Å². The zero-order chi connectivity index (χ0) is 39.6. The number of aliphatic carboxylic acids is 1. The van der Waals surface area contributed by atoms with Crippen LogP contribution >= 0.6 is 69.6 Å². The maximum Gasteiger partial charge on any atom is 0.409 e. The highest BCUT2D eigenvalue weighted by atomic mass is 35.5. The number of nitro groups is 1. The molecule has 51 heavy (non-hydrogen) atoms. The topological polar surface area (TPSA) is 278 Å². The number of benzene rings is 1. The van der Waals surface area contributed by atoms with Gasteiger partial charge in [-0.2, -0.15) is 15.0 Å². The Bertz CT molecular complexity index is 1320. The number of rotatable bonds is 9. The van der Waals surface area contributed by atoms with Gasteiger partial charge >= 0.3 is 11.4 Å². The van der Waals surface area contributed by atoms with Gasteiger partial charge in [0.1, 0.15) is 24.2 Å². The van der Waals surface area contributed by atoms with E-state index in [1.807, 2.05) is 0 Å². The molecule has 2 heterocycles. The van der Waals surface area contributed by atoms with Gasteiger partial charge in [0.25, 0.3) is 5.69 Å². The fourth-order valence-corrected chi connectivity index (χ4v) is 2.79. The van der Waals surface area contributed by atoms with Crippen molar-refractivity contribution in [2.45, 2.75) is 25.4 Å². The number of halogens is 6. The van der Waals surface area contributed by atoms with Crippen molar-refractivity contribution in [2.75, 3.05) is 31.5 Å². The Morgan fingerprint density at radius 2 is 1.27 bits per heavy atom. The zero-order valence-corrected chi connectivity index (χ0v) is 30.8. The number of ketones is 2. The van der Waals surface area contributed by atoms with Crippen LogP contribution in [0.5, 0.6) is 5.75 Å². The van der Waals surface area contributed by atoms with Crippen molar-refractivity contribution in [1.82, 2.24) is 15.0 Å². The van der Waals surface area contributed by atoms with Gasteiger partial charge in [-0.05, 0) is 77.7 Å². The van der Waals surface area contributed by atoms with Gasteiger partial charge in [0, 0.05) is 49.7 Å². The standard InChI is InChI=1S/C7H4ClNO4.C6H4O2.C5H8O2.C3Cl3N3.C3H5ClO.C2H3ClO2.C2H8N2/c8-7(10)13-6-3-1-5(2-4-6)9(11)12;7-5-1-2-6(8)4-3-5;6-4-2-1-3-5-7;4-1-7-2(5)9-3(6)8-1;4-1-3-2-5-3;3-1-2(4)5;3-1-2-4/h1-4H;1-4H;4-5H,1-3H2;;3H,1-2H2;1H2,(H,4,5);1-4H2. The molecule has 2 aromatic rings. The van der Waals surface area contributed by atoms with Crippen LogP contribution in [-0.4, -0.2) is 98.1 Å². The first-order valence-corrected chi connectivity index (χ1v) is 16.2. The minimum Gasteiger partial charge on any atom is -0.480 e. The summed E-state index contributed by atoms with van der Waals surface area (Å²) >= 11 is 30.9. The van der Waals surface area contributed by atoms with Gasteiger partial charge in [0.15, 0.2) is 11.6 Å². The van der Waals surface area contributed by atoms with Crippen molar-refractivity contribution < 1.29 is 48.3 Å². The number of carbonyl (C=O) groups excluding carboxylic acids is 5. The molecule has 1 aliphatic heterocycles. The molecular formula is C28H32Cl6N6O11. The molecule has 17 nitrogen and oxygen atoms in total. The number of hydrogen-bond donors (Lipinski definition) is 3. The fourth-order valence-electron chi connectivity index (χ4n) is 1.91. The number of alkyl halides is 2. The summed E-state index contributed by atoms with van der Waals surface area (Å²) < 4.78 is 9.18. The second kappa shape index (κ2) is 34.8. The van der Waals surface area contributed by atoms with E-state index in [1.165, 1.54) is 48.6 Å². The first kappa shape index (κ1) is 51.7. The molecule has 5 N–H and O–H groups in total. The number of non-ortho nitro benzene ring substituents is 1. The van der Waals surface area contributed by atoms with Crippen LogP contribution in [-0.2, 0) is 28.7 Å². The smallest absolute Gasteiger partial charge is 0.409 e. The van der Waals surface area contributed by atoms with E-state index in [1.54, 1.807) is 0 Å². The number of aldehydes is 2. The van der Waals surface area contributed by atoms with Gasteiger partial charge in [-0.3, -0.25) is 24.5 Å². The number of nitrogens with zero attached hydrogens (tertiary/aromatic N) is 4. The fraction of sp³-hybridized carbons (Fsp3) is 0.321. The minimum atomic E-state index is -0.980. The molecule has 0 radical (unpaired) electrons. The Kier molecular flexibility index (Phi) is 35.3. The Balaban J connectivity index is -0.000000546. The van der Waals surface area contributed by atoms with Crippen LogP contribution in [0.25, 0.3) is 0 Å². The zero-order valence-electron chi connectivity index (χ0n) is 26.2. The number of nitrogens with two attached hydrogens (primary N) is 2. The summed E-state index contributed by atoms with van der Waals surface area (Å²) in [4.78, 5) is 79.2. The highest BCUT2D eigenvalue weighted by Crippen LogP contribution is 2.17. The molecule has 282 valence electrons. The van der Waals surface area contributed by atoms with Gasteiger partial charge in [-0.25, -0.2) is 4.79 Å². The molecule has 0 saturated carbocycles. The Hall–Kier alpha value is -3.65. The van der Waals surface area contributed by atoms with Crippen molar-refractivity contribution in [3.63, 3.8) is 0 Å². The van der Waals surface area contributed by atoms with E-state index in [0.29, 0.717) is 44.3 Å². The lowest BCUT2D eigenvalue weighted by molar-refractivity contribution is -0.384. The molecule has 23 heteroatoms. The Morgan fingerprint density at radius 1 is 0.902 bits per heavy atom. The summed E-state index contributed by atoms with van der Waals surface area (Å²) in [6.45, 7) is 2.07. The van der Waals surface area contributed by atoms with Crippen molar-refractivity contribution in [2.24, 2.45) is 11.5 Å². The predicted molar refractivity (Wildman–Crippen MR) is 191 cm³/mol. The van der Waals surface area contributed by atoms with Crippen LogP contribution in [0.15, 0.2) is 48.6 Å². The second-order valence-corrected chi connectivity index (χ2v) is 10.1. The molecular weight excluding hydrogens is 809 g/mol. The van der Waals surface area contributed by atoms with E-state index in [0.717, 1.165) is 19.2 Å². The van der Waals surface area contributed by atoms with Gasteiger partial charge in [-0.15, -0.1) is 23.2 Å². The normalized spacial score (nSPS) is 12.6. The quantitative estimate of drug-likeness (QED) is 0.0446. The molecule has 1 fully saturated rings. The van der Waals surface area contributed by atoms with E-state index in [9.17, 15) is 38.9 Å². The molecule has 1 unspecified atom stereocenters. The molecule has 1 saturated heterocycles. The number of carboxylic acids is 1. The summed E-state index contributed by atoms with van der Waals surface area (Å²) in [6, 6.07) is 5.02. The van der Waals surface area contributed by atoms with E-state index < -0.39 is 16.3 Å². The first-order valence-electron chi connectivity index (χ1n) is 13.6. The van der Waals surface area contributed by atoms with Crippen molar-refractivity contribution in [1.29, 1.82) is 0 Å². The van der Waals surface area contributed by atoms with Crippen molar-refractivity contribution in [3.05, 3.63) is 74.5 Å². The average Bonchev–Trinajstić information content (AvgIpc) is 3.92. The minimum absolute atomic E-state index is 0.000000000000000444. The van der Waals surface area contributed by atoms with E-state index in [4.69, 9.17) is 90.9 Å². The molecule has 0 amide bonds. The number of carbonyl (C=O) groups is 6. The summed E-state index contributed by atoms with van der Waals surface area (Å²) in [5.41, 5.74) is 8.75. The highest BCUT2D eigenvalue weighted by molar-refractivity contribution is 6.61. The predicted octanol–water partition coefficient (Wildman–Crippen LogP) is 4.81. The lowest BCUT2D eigenvalue weighted by Gasteiger charge is -1.97. The molecule has 2 aliphatic rings. The summed E-state index contributed by atoms with van der Waals surface area (Å²) in [5, 5.41) is 17.8. The number of hydrogen-bond acceptors (Lipinski definition) is 15. The van der Waals surface area contributed by atoms with Gasteiger partial charge < -0.3 is 35.6 Å². The number of ether oxygens (including phenoxy) is 2. The average molecular weight is 841 g/mol. The first-order chi connectivity index (χ1) is 24.1. The van der Waals surface area contributed by atoms with Crippen LogP contribution in [0.1, 0.15) is 19.3 Å². The summed E-state index contributed by atoms with van der Waals surface area (Å²) in [6.07, 6.45) is 8.78. The number of carboxylic acid groups (broad SMARTS) is 1. The molecule has 4 rings (SSSR count). The van der Waals surface area contributed by atoms with Crippen molar-refractivity contribution >= 4 is 111 Å². The van der Waals surface area contributed by atoms with Gasteiger partial charge in [0.05, 0.1) is 23.5 Å². The van der Waals surface area contributed by atoms with E-state index in [-0.39, 0.29) is 44.7 Å². The SMILES string of the molecule is ClCC1CO1.Clc1nc(Cl)nc(Cl)n1.NCCN.O=C(Cl)Oc1ccc([N+](=O)[O-])cc1.O=C(O)CCl.O=C1C=CC(=O)C=C1.O=CCCCC=O. The number of nitro benzene ring substituents is 1. The maximum atomic E-state index is 10.3. The largest absolute Gasteiger partial charge is 0.480 e. The van der Waals surface area contributed by atoms with Crippen LogP contribution in [0.2, 0.25) is 15.9 Å². The molecule has 1 aromatic heterocycles. The lowest BCUT2D eigenvalue weighted by atomic mass is 10.2. The van der Waals surface area contributed by atoms with E-state index in [2.05, 4.69) is 19.7 Å². The Labute approximate surface area is 321 Å². The second-order valence-electron chi connectivity index (χ2n) is 8.18. The third kappa shape index (κ3) is 39.0. The van der Waals surface area contributed by atoms with Crippen LogP contribution in [0, 0.1) is 10.1 Å². The molecule has 0 spiro atoms. The molecule has 1 atom stereocenters. The summed E-state index contributed by atoms with van der Waals surface area (Å²) in [5.74, 6) is -0.688. The number of unbranched alkanes of at least 4 members (excludes halogenated alkanes) is 2. The lowest BCUT2D eigenvalue weighted by Crippen LogP contribution is -2.11. The number of aromatic nitrogens is 3. The molecule has 1 aromatic carbocycles. The summed E-state index contributed by atoms with van der Waals surface area (Å²) in [7, 11) is 0. The van der Waals surface area contributed by atoms with Crippen LogP contribution in [0.4, 0.5) is 10.5 Å². The molecule has 1 aliphatic carbocycles. The third-order valence-electron chi connectivity index (χ3n) is 4.12. The molecule has 0 bridgehead atoms. The third-order valence-corrected chi connectivity index (χ3v) is 5.28. The maximum absolute atomic E-state index is 10.3. The van der Waals surface area contributed by atoms with Gasteiger partial charge in [0.2, 0.25) is 15.9 Å². The monoisotopic (exact) mass is 838 g/mol. The van der Waals surface area contributed by atoms with Gasteiger partial charge in [-0.1, -0.05) is 0 Å².